The lowest BCUT2D eigenvalue weighted by atomic mass is 9.92. The van der Waals surface area contributed by atoms with Gasteiger partial charge in [0.2, 0.25) is 0 Å². The molecule has 2 rings (SSSR count). The molecule has 1 amide bonds. The highest BCUT2D eigenvalue weighted by Gasteiger charge is 2.49. The zero-order valence-corrected chi connectivity index (χ0v) is 8.81. The summed E-state index contributed by atoms with van der Waals surface area (Å²) in [5.41, 5.74) is 0.151. The van der Waals surface area contributed by atoms with E-state index in [1.807, 2.05) is 11.8 Å². The molecule has 2 bridgehead atoms. The summed E-state index contributed by atoms with van der Waals surface area (Å²) in [5, 5.41) is -0.259. The van der Waals surface area contributed by atoms with Crippen LogP contribution in [0.5, 0.6) is 0 Å². The Morgan fingerprint density at radius 3 is 2.46 bits per heavy atom. The normalized spacial score (nSPS) is 36.6. The molecule has 0 radical (unpaired) electrons. The van der Waals surface area contributed by atoms with Crippen molar-refractivity contribution in [3.05, 3.63) is 0 Å². The quantitative estimate of drug-likeness (QED) is 0.497. The SMILES string of the molecule is CCN(C(=O)Cl)C12CCC(CC1)C2. The molecule has 74 valence electrons. The fourth-order valence-corrected chi connectivity index (χ4v) is 3.49. The van der Waals surface area contributed by atoms with Gasteiger partial charge in [-0.15, -0.1) is 0 Å². The number of carbonyl (C=O) groups excluding carboxylic acids is 1. The van der Waals surface area contributed by atoms with Crippen molar-refractivity contribution in [1.82, 2.24) is 4.90 Å². The third-order valence-electron chi connectivity index (χ3n) is 3.81. The van der Waals surface area contributed by atoms with E-state index in [2.05, 4.69) is 0 Å². The summed E-state index contributed by atoms with van der Waals surface area (Å²) in [4.78, 5) is 13.1. The van der Waals surface area contributed by atoms with Gasteiger partial charge in [-0.25, -0.2) is 0 Å². The van der Waals surface area contributed by atoms with E-state index in [9.17, 15) is 4.79 Å². The Balaban J connectivity index is 2.17. The fraction of sp³-hybridized carbons (Fsp3) is 0.900. The smallest absolute Gasteiger partial charge is 0.316 e. The van der Waals surface area contributed by atoms with E-state index < -0.39 is 0 Å². The van der Waals surface area contributed by atoms with E-state index in [1.54, 1.807) is 0 Å². The van der Waals surface area contributed by atoms with Gasteiger partial charge in [0.25, 0.3) is 0 Å². The largest absolute Gasteiger partial charge is 0.324 e. The highest BCUT2D eigenvalue weighted by molar-refractivity contribution is 6.62. The van der Waals surface area contributed by atoms with Crippen molar-refractivity contribution < 1.29 is 4.79 Å². The van der Waals surface area contributed by atoms with E-state index >= 15 is 0 Å². The standard InChI is InChI=1S/C10H16ClNO/c1-2-12(9(11)13)10-5-3-8(7-10)4-6-10/h8H,2-7H2,1H3. The molecule has 0 aromatic rings. The minimum absolute atomic E-state index is 0.151. The van der Waals surface area contributed by atoms with E-state index in [-0.39, 0.29) is 10.9 Å². The van der Waals surface area contributed by atoms with Crippen molar-refractivity contribution in [3.63, 3.8) is 0 Å². The van der Waals surface area contributed by atoms with Gasteiger partial charge in [0.15, 0.2) is 0 Å². The zero-order valence-electron chi connectivity index (χ0n) is 8.05. The van der Waals surface area contributed by atoms with Gasteiger partial charge in [-0.1, -0.05) is 0 Å². The van der Waals surface area contributed by atoms with Crippen LogP contribution in [0.4, 0.5) is 4.79 Å². The summed E-state index contributed by atoms with van der Waals surface area (Å²) < 4.78 is 0. The van der Waals surface area contributed by atoms with E-state index in [0.717, 1.165) is 12.5 Å². The summed E-state index contributed by atoms with van der Waals surface area (Å²) in [6, 6.07) is 0. The van der Waals surface area contributed by atoms with Gasteiger partial charge in [0, 0.05) is 12.1 Å². The molecule has 3 heteroatoms. The molecular formula is C10H16ClNO. The molecule has 2 aliphatic rings. The van der Waals surface area contributed by atoms with Crippen LogP contribution in [0.15, 0.2) is 0 Å². The van der Waals surface area contributed by atoms with Gasteiger partial charge >= 0.3 is 5.37 Å². The molecule has 0 N–H and O–H groups in total. The van der Waals surface area contributed by atoms with Crippen LogP contribution >= 0.6 is 11.6 Å². The zero-order chi connectivity index (χ0) is 9.47. The van der Waals surface area contributed by atoms with Crippen LogP contribution in [0.3, 0.4) is 0 Å². The molecule has 0 heterocycles. The predicted octanol–water partition coefficient (Wildman–Crippen LogP) is 3.00. The summed E-state index contributed by atoms with van der Waals surface area (Å²) in [6.45, 7) is 2.77. The van der Waals surface area contributed by atoms with Crippen molar-refractivity contribution in [1.29, 1.82) is 0 Å². The highest BCUT2D eigenvalue weighted by atomic mass is 35.5. The molecule has 0 spiro atoms. The van der Waals surface area contributed by atoms with Gasteiger partial charge in [0.1, 0.15) is 0 Å². The fourth-order valence-electron chi connectivity index (χ4n) is 3.19. The lowest BCUT2D eigenvalue weighted by Crippen LogP contribution is -2.46. The Kier molecular flexibility index (Phi) is 2.26. The maximum atomic E-state index is 11.2. The van der Waals surface area contributed by atoms with E-state index in [4.69, 9.17) is 11.6 Å². The highest BCUT2D eigenvalue weighted by Crippen LogP contribution is 2.51. The van der Waals surface area contributed by atoms with Crippen LogP contribution in [-0.4, -0.2) is 22.3 Å². The molecule has 0 saturated heterocycles. The molecule has 0 aromatic carbocycles. The monoisotopic (exact) mass is 201 g/mol. The lowest BCUT2D eigenvalue weighted by Gasteiger charge is -2.37. The number of fused-ring (bicyclic) bond motifs is 2. The first-order valence-electron chi connectivity index (χ1n) is 5.15. The number of carbonyl (C=O) groups is 1. The molecule has 0 unspecified atom stereocenters. The predicted molar refractivity (Wildman–Crippen MR) is 52.9 cm³/mol. The van der Waals surface area contributed by atoms with Crippen molar-refractivity contribution in [3.8, 4) is 0 Å². The molecule has 0 aliphatic heterocycles. The molecular weight excluding hydrogens is 186 g/mol. The maximum Gasteiger partial charge on any atom is 0.316 e. The van der Waals surface area contributed by atoms with E-state index in [0.29, 0.717) is 0 Å². The molecule has 2 saturated carbocycles. The minimum Gasteiger partial charge on any atom is -0.324 e. The van der Waals surface area contributed by atoms with Gasteiger partial charge in [-0.2, -0.15) is 0 Å². The van der Waals surface area contributed by atoms with Crippen molar-refractivity contribution >= 4 is 17.0 Å². The Bertz CT molecular complexity index is 221. The number of hydrogen-bond acceptors (Lipinski definition) is 1. The number of rotatable bonds is 2. The van der Waals surface area contributed by atoms with Crippen LogP contribution in [0.1, 0.15) is 39.0 Å². The Labute approximate surface area is 84.2 Å². The summed E-state index contributed by atoms with van der Waals surface area (Å²) in [5.74, 6) is 0.866. The van der Waals surface area contributed by atoms with Crippen LogP contribution < -0.4 is 0 Å². The van der Waals surface area contributed by atoms with Crippen molar-refractivity contribution in [2.24, 2.45) is 5.92 Å². The van der Waals surface area contributed by atoms with Gasteiger partial charge in [-0.3, -0.25) is 4.79 Å². The first-order valence-corrected chi connectivity index (χ1v) is 5.53. The Hall–Kier alpha value is -0.240. The Morgan fingerprint density at radius 1 is 1.54 bits per heavy atom. The third kappa shape index (κ3) is 1.35. The number of amides is 1. The lowest BCUT2D eigenvalue weighted by molar-refractivity contribution is 0.139. The first kappa shape index (κ1) is 9.32. The average Bonchev–Trinajstić information content (AvgIpc) is 2.64. The minimum atomic E-state index is -0.259. The molecule has 2 fully saturated rings. The molecule has 0 aromatic heterocycles. The van der Waals surface area contributed by atoms with Crippen LogP contribution in [0.2, 0.25) is 0 Å². The first-order chi connectivity index (χ1) is 6.18. The third-order valence-corrected chi connectivity index (χ3v) is 4.01. The van der Waals surface area contributed by atoms with E-state index in [1.165, 1.54) is 32.1 Å². The Morgan fingerprint density at radius 2 is 2.15 bits per heavy atom. The summed E-state index contributed by atoms with van der Waals surface area (Å²) >= 11 is 5.60. The van der Waals surface area contributed by atoms with Crippen LogP contribution in [-0.2, 0) is 0 Å². The topological polar surface area (TPSA) is 20.3 Å². The average molecular weight is 202 g/mol. The second kappa shape index (κ2) is 3.16. The summed E-state index contributed by atoms with van der Waals surface area (Å²) in [7, 11) is 0. The number of halogens is 1. The second-order valence-electron chi connectivity index (χ2n) is 4.37. The molecule has 2 nitrogen and oxygen atoms in total. The number of nitrogens with zero attached hydrogens (tertiary/aromatic N) is 1. The molecule has 0 atom stereocenters. The molecule has 13 heavy (non-hydrogen) atoms. The van der Waals surface area contributed by atoms with Crippen molar-refractivity contribution in [2.45, 2.75) is 44.6 Å². The summed E-state index contributed by atoms with van der Waals surface area (Å²) in [6.07, 6.45) is 6.12. The van der Waals surface area contributed by atoms with Crippen molar-refractivity contribution in [2.75, 3.05) is 6.54 Å². The second-order valence-corrected chi connectivity index (χ2v) is 4.69. The van der Waals surface area contributed by atoms with Gasteiger partial charge in [0.05, 0.1) is 0 Å². The van der Waals surface area contributed by atoms with Crippen LogP contribution in [0.25, 0.3) is 0 Å². The van der Waals surface area contributed by atoms with Gasteiger partial charge < -0.3 is 4.90 Å². The number of hydrogen-bond donors (Lipinski definition) is 0. The maximum absolute atomic E-state index is 11.2. The molecule has 2 aliphatic carbocycles. The van der Waals surface area contributed by atoms with Crippen LogP contribution in [0, 0.1) is 5.92 Å². The van der Waals surface area contributed by atoms with Gasteiger partial charge in [-0.05, 0) is 56.5 Å².